The van der Waals surface area contributed by atoms with Crippen molar-refractivity contribution in [2.24, 2.45) is 0 Å². The van der Waals surface area contributed by atoms with Crippen LogP contribution in [0.3, 0.4) is 0 Å². The predicted molar refractivity (Wildman–Crippen MR) is 220 cm³/mol. The Labute approximate surface area is 302 Å². The van der Waals surface area contributed by atoms with E-state index in [4.69, 9.17) is 0 Å². The summed E-state index contributed by atoms with van der Waals surface area (Å²) in [6.45, 7) is 0. The van der Waals surface area contributed by atoms with E-state index in [9.17, 15) is 0 Å². The molecule has 8 rings (SSSR count). The van der Waals surface area contributed by atoms with Crippen LogP contribution in [0, 0.1) is 0 Å². The Bertz CT molecular complexity index is 2270. The van der Waals surface area contributed by atoms with Gasteiger partial charge in [-0.05, 0) is 55.1 Å². The van der Waals surface area contributed by atoms with Crippen LogP contribution in [0.25, 0.3) is 22.3 Å². The minimum atomic E-state index is -3.09. The van der Waals surface area contributed by atoms with Crippen LogP contribution in [-0.2, 0) is 4.57 Å². The van der Waals surface area contributed by atoms with Gasteiger partial charge in [-0.25, -0.2) is 0 Å². The summed E-state index contributed by atoms with van der Waals surface area (Å²) < 4.78 is 15.1. The third-order valence-electron chi connectivity index (χ3n) is 9.92. The molecule has 0 saturated carbocycles. The molecule has 0 aliphatic heterocycles. The second kappa shape index (κ2) is 14.2. The Morgan fingerprint density at radius 3 is 1.06 bits per heavy atom. The van der Waals surface area contributed by atoms with Gasteiger partial charge in [0.1, 0.15) is 0 Å². The van der Waals surface area contributed by atoms with Crippen LogP contribution in [0.2, 0.25) is 0 Å². The van der Waals surface area contributed by atoms with Gasteiger partial charge in [-0.15, -0.1) is 0 Å². The maximum absolute atomic E-state index is 15.1. The molecule has 0 radical (unpaired) electrons. The third kappa shape index (κ3) is 6.04. The fourth-order valence-corrected chi connectivity index (χ4v) is 14.9. The molecule has 0 aliphatic rings. The Morgan fingerprint density at radius 1 is 0.275 bits per heavy atom. The topological polar surface area (TPSA) is 17.1 Å². The predicted octanol–water partition coefficient (Wildman–Crippen LogP) is 8.04. The second-order valence-electron chi connectivity index (χ2n) is 12.8. The van der Waals surface area contributed by atoms with Gasteiger partial charge < -0.3 is 4.57 Å². The highest BCUT2D eigenvalue weighted by molar-refractivity contribution is 7.85. The summed E-state index contributed by atoms with van der Waals surface area (Å²) in [5.41, 5.74) is 4.44. The van der Waals surface area contributed by atoms with Crippen molar-refractivity contribution >= 4 is 51.9 Å². The third-order valence-corrected chi connectivity index (χ3v) is 17.8. The molecular formula is C48H37OPSi. The largest absolute Gasteiger partial charge is 0.309 e. The summed E-state index contributed by atoms with van der Waals surface area (Å²) in [5, 5.41) is 7.93. The van der Waals surface area contributed by atoms with E-state index in [2.05, 4.69) is 152 Å². The summed E-state index contributed by atoms with van der Waals surface area (Å²) in [4.78, 5) is 0. The molecule has 0 aliphatic carbocycles. The Morgan fingerprint density at radius 2 is 0.608 bits per heavy atom. The summed E-state index contributed by atoms with van der Waals surface area (Å²) in [5.74, 6) is 0. The van der Waals surface area contributed by atoms with E-state index in [-0.39, 0.29) is 0 Å². The lowest BCUT2D eigenvalue weighted by Gasteiger charge is -2.34. The van der Waals surface area contributed by atoms with Gasteiger partial charge in [-0.3, -0.25) is 0 Å². The lowest BCUT2D eigenvalue weighted by Crippen LogP contribution is -2.74. The van der Waals surface area contributed by atoms with Gasteiger partial charge in [-0.2, -0.15) is 0 Å². The standard InChI is InChI=1S/C48H37OPSi/c49-50(42-21-6-1-7-22-42,43-23-8-2-9-24-43)44-25-17-20-41(37-44)40-19-16-18-39(36-40)38-32-34-48(35-33-38)51(45-26-10-3-11-27-45,46-28-12-4-13-29-46)47-30-14-5-15-31-47/h1-37H. The van der Waals surface area contributed by atoms with Crippen LogP contribution in [-0.4, -0.2) is 8.07 Å². The van der Waals surface area contributed by atoms with Crippen molar-refractivity contribution in [2.45, 2.75) is 0 Å². The number of rotatable bonds is 9. The molecule has 0 spiro atoms. The molecule has 8 aromatic carbocycles. The van der Waals surface area contributed by atoms with Crippen molar-refractivity contribution < 1.29 is 4.57 Å². The fraction of sp³-hybridized carbons (Fsp3) is 0. The van der Waals surface area contributed by atoms with Crippen LogP contribution < -0.4 is 36.7 Å². The molecule has 244 valence electrons. The van der Waals surface area contributed by atoms with Crippen molar-refractivity contribution in [3.05, 3.63) is 224 Å². The van der Waals surface area contributed by atoms with Gasteiger partial charge in [0.25, 0.3) is 0 Å². The van der Waals surface area contributed by atoms with Crippen LogP contribution >= 0.6 is 7.14 Å². The van der Waals surface area contributed by atoms with E-state index in [1.54, 1.807) is 0 Å². The van der Waals surface area contributed by atoms with E-state index in [0.29, 0.717) is 0 Å². The Hall–Kier alpha value is -5.79. The molecule has 3 heteroatoms. The molecule has 0 saturated heterocycles. The quantitative estimate of drug-likeness (QED) is 0.0853. The highest BCUT2D eigenvalue weighted by atomic mass is 31.2. The van der Waals surface area contributed by atoms with Crippen LogP contribution in [0.5, 0.6) is 0 Å². The molecule has 0 atom stereocenters. The van der Waals surface area contributed by atoms with Crippen molar-refractivity contribution in [3.63, 3.8) is 0 Å². The zero-order chi connectivity index (χ0) is 34.5. The van der Waals surface area contributed by atoms with Gasteiger partial charge in [0.05, 0.1) is 0 Å². The molecule has 0 fully saturated rings. The normalized spacial score (nSPS) is 11.6. The first-order valence-electron chi connectivity index (χ1n) is 17.4. The van der Waals surface area contributed by atoms with Crippen LogP contribution in [0.15, 0.2) is 224 Å². The first-order valence-corrected chi connectivity index (χ1v) is 21.1. The zero-order valence-electron chi connectivity index (χ0n) is 28.2. The molecular weight excluding hydrogens is 652 g/mol. The average molecular weight is 689 g/mol. The van der Waals surface area contributed by atoms with Gasteiger partial charge in [0.15, 0.2) is 15.2 Å². The smallest absolute Gasteiger partial charge is 0.179 e. The van der Waals surface area contributed by atoms with E-state index < -0.39 is 15.2 Å². The lowest BCUT2D eigenvalue weighted by atomic mass is 9.99. The summed E-state index contributed by atoms with van der Waals surface area (Å²) in [6, 6.07) is 79.0. The van der Waals surface area contributed by atoms with E-state index >= 15 is 4.57 Å². The molecule has 0 heterocycles. The maximum Gasteiger partial charge on any atom is 0.179 e. The van der Waals surface area contributed by atoms with E-state index in [1.165, 1.54) is 20.7 Å². The van der Waals surface area contributed by atoms with Gasteiger partial charge in [-0.1, -0.05) is 212 Å². The first-order chi connectivity index (χ1) is 25.2. The molecule has 0 amide bonds. The second-order valence-corrected chi connectivity index (χ2v) is 19.4. The molecule has 51 heavy (non-hydrogen) atoms. The minimum Gasteiger partial charge on any atom is -0.309 e. The van der Waals surface area contributed by atoms with Gasteiger partial charge in [0, 0.05) is 15.9 Å². The number of benzene rings is 8. The van der Waals surface area contributed by atoms with E-state index in [1.807, 2.05) is 72.8 Å². The highest BCUT2D eigenvalue weighted by Gasteiger charge is 2.41. The Kier molecular flexibility index (Phi) is 9.03. The zero-order valence-corrected chi connectivity index (χ0v) is 30.1. The maximum atomic E-state index is 15.1. The number of hydrogen-bond acceptors (Lipinski definition) is 1. The summed E-state index contributed by atoms with van der Waals surface area (Å²) >= 11 is 0. The summed E-state index contributed by atoms with van der Waals surface area (Å²) in [7, 11) is -5.68. The van der Waals surface area contributed by atoms with Crippen LogP contribution in [0.4, 0.5) is 0 Å². The van der Waals surface area contributed by atoms with Gasteiger partial charge in [0.2, 0.25) is 0 Å². The van der Waals surface area contributed by atoms with Crippen LogP contribution in [0.1, 0.15) is 0 Å². The highest BCUT2D eigenvalue weighted by Crippen LogP contribution is 2.43. The minimum absolute atomic E-state index is 0.830. The van der Waals surface area contributed by atoms with E-state index in [0.717, 1.165) is 38.2 Å². The van der Waals surface area contributed by atoms with Crippen molar-refractivity contribution in [2.75, 3.05) is 0 Å². The van der Waals surface area contributed by atoms with Gasteiger partial charge >= 0.3 is 0 Å². The lowest BCUT2D eigenvalue weighted by molar-refractivity contribution is 0.592. The van der Waals surface area contributed by atoms with Crippen molar-refractivity contribution in [1.29, 1.82) is 0 Å². The average Bonchev–Trinajstić information content (AvgIpc) is 3.23. The van der Waals surface area contributed by atoms with Crippen molar-refractivity contribution in [3.8, 4) is 22.3 Å². The molecule has 0 aromatic heterocycles. The molecule has 0 bridgehead atoms. The molecule has 0 N–H and O–H groups in total. The monoisotopic (exact) mass is 688 g/mol. The number of hydrogen-bond donors (Lipinski definition) is 0. The van der Waals surface area contributed by atoms with Crippen molar-refractivity contribution in [1.82, 2.24) is 0 Å². The molecule has 8 aromatic rings. The Balaban J connectivity index is 1.20. The fourth-order valence-electron chi connectivity index (χ4n) is 7.46. The molecule has 1 nitrogen and oxygen atoms in total. The summed E-state index contributed by atoms with van der Waals surface area (Å²) in [6.07, 6.45) is 0. The first kappa shape index (κ1) is 32.4. The molecule has 0 unspecified atom stereocenters. The SMILES string of the molecule is O=P(c1ccccc1)(c1ccccc1)c1cccc(-c2cccc(-c3ccc([Si](c4ccccc4)(c4ccccc4)c4ccccc4)cc3)c2)c1.